The van der Waals surface area contributed by atoms with E-state index in [0.717, 1.165) is 28.1 Å². The first-order valence-corrected chi connectivity index (χ1v) is 9.33. The van der Waals surface area contributed by atoms with Gasteiger partial charge in [0.25, 0.3) is 0 Å². The molecule has 2 aliphatic rings. The van der Waals surface area contributed by atoms with Crippen molar-refractivity contribution in [3.05, 3.63) is 64.8 Å². The highest BCUT2D eigenvalue weighted by molar-refractivity contribution is 5.88. The Morgan fingerprint density at radius 1 is 1.12 bits per heavy atom. The van der Waals surface area contributed by atoms with Crippen LogP contribution in [0.25, 0.3) is 10.9 Å². The maximum Gasteiger partial charge on any atom is 0.135 e. The van der Waals surface area contributed by atoms with Crippen LogP contribution in [0.1, 0.15) is 48.1 Å². The third-order valence-corrected chi connectivity index (χ3v) is 5.73. The topological polar surface area (TPSA) is 27.1 Å². The standard InChI is InChI=1S/C23H22N2O/c1-3-5-19-6-4-7-21-22(19)16(2)24-25(21)23(14-26-15-23)20-12-10-18(11-13-20)17-8-9-17/h4,6-7,10-13,17H,8-9,14-15H2,1-2H3. The van der Waals surface area contributed by atoms with Crippen LogP contribution in [0, 0.1) is 18.8 Å². The summed E-state index contributed by atoms with van der Waals surface area (Å²) >= 11 is 0. The van der Waals surface area contributed by atoms with Crippen molar-refractivity contribution >= 4 is 10.9 Å². The average Bonchev–Trinajstić information content (AvgIpc) is 3.41. The number of rotatable bonds is 3. The third-order valence-electron chi connectivity index (χ3n) is 5.73. The zero-order valence-corrected chi connectivity index (χ0v) is 15.2. The van der Waals surface area contributed by atoms with E-state index in [1.165, 1.54) is 24.0 Å². The maximum atomic E-state index is 5.68. The van der Waals surface area contributed by atoms with Gasteiger partial charge in [-0.1, -0.05) is 36.3 Å². The molecular formula is C23H22N2O. The Morgan fingerprint density at radius 3 is 2.50 bits per heavy atom. The fraction of sp³-hybridized carbons (Fsp3) is 0.348. The molecule has 1 aromatic heterocycles. The van der Waals surface area contributed by atoms with Crippen molar-refractivity contribution in [1.29, 1.82) is 0 Å². The monoisotopic (exact) mass is 342 g/mol. The van der Waals surface area contributed by atoms with E-state index in [4.69, 9.17) is 9.84 Å². The van der Waals surface area contributed by atoms with Crippen molar-refractivity contribution in [2.24, 2.45) is 0 Å². The third kappa shape index (κ3) is 2.22. The normalized spacial score (nSPS) is 18.2. The second kappa shape index (κ2) is 5.72. The molecule has 1 aliphatic heterocycles. The molecule has 130 valence electrons. The first-order valence-electron chi connectivity index (χ1n) is 9.33. The van der Waals surface area contributed by atoms with Crippen LogP contribution < -0.4 is 0 Å². The van der Waals surface area contributed by atoms with E-state index in [9.17, 15) is 0 Å². The summed E-state index contributed by atoms with van der Waals surface area (Å²) in [7, 11) is 0. The first-order chi connectivity index (χ1) is 12.7. The van der Waals surface area contributed by atoms with Gasteiger partial charge >= 0.3 is 0 Å². The fourth-order valence-electron chi connectivity index (χ4n) is 4.10. The molecule has 0 radical (unpaired) electrons. The van der Waals surface area contributed by atoms with Crippen LogP contribution in [0.2, 0.25) is 0 Å². The van der Waals surface area contributed by atoms with Gasteiger partial charge in [0.05, 0.1) is 24.4 Å². The number of aryl methyl sites for hydroxylation is 1. The predicted molar refractivity (Wildman–Crippen MR) is 103 cm³/mol. The van der Waals surface area contributed by atoms with Crippen LogP contribution in [-0.4, -0.2) is 23.0 Å². The Morgan fingerprint density at radius 2 is 1.88 bits per heavy atom. The summed E-state index contributed by atoms with van der Waals surface area (Å²) in [5.74, 6) is 7.02. The number of ether oxygens (including phenoxy) is 1. The van der Waals surface area contributed by atoms with Gasteiger partial charge in [0, 0.05) is 10.9 Å². The molecule has 0 atom stereocenters. The van der Waals surface area contributed by atoms with Gasteiger partial charge in [-0.05, 0) is 55.9 Å². The minimum atomic E-state index is -0.215. The van der Waals surface area contributed by atoms with Crippen LogP contribution in [0.5, 0.6) is 0 Å². The molecule has 0 bridgehead atoms. The molecule has 26 heavy (non-hydrogen) atoms. The van der Waals surface area contributed by atoms with Crippen LogP contribution in [-0.2, 0) is 10.3 Å². The molecule has 2 heterocycles. The zero-order valence-electron chi connectivity index (χ0n) is 15.2. The van der Waals surface area contributed by atoms with E-state index in [1.54, 1.807) is 0 Å². The molecule has 3 nitrogen and oxygen atoms in total. The van der Waals surface area contributed by atoms with Crippen LogP contribution in [0.3, 0.4) is 0 Å². The summed E-state index contributed by atoms with van der Waals surface area (Å²) in [6.07, 6.45) is 2.66. The molecule has 0 unspecified atom stereocenters. The fourth-order valence-corrected chi connectivity index (χ4v) is 4.10. The summed E-state index contributed by atoms with van der Waals surface area (Å²) in [4.78, 5) is 0. The predicted octanol–water partition coefficient (Wildman–Crippen LogP) is 4.37. The van der Waals surface area contributed by atoms with Crippen molar-refractivity contribution in [2.75, 3.05) is 13.2 Å². The molecular weight excluding hydrogens is 320 g/mol. The van der Waals surface area contributed by atoms with Crippen molar-refractivity contribution < 1.29 is 4.74 Å². The van der Waals surface area contributed by atoms with E-state index in [2.05, 4.69) is 65.9 Å². The zero-order chi connectivity index (χ0) is 17.7. The Hall–Kier alpha value is -2.57. The van der Waals surface area contributed by atoms with Gasteiger partial charge in [-0.25, -0.2) is 4.68 Å². The summed E-state index contributed by atoms with van der Waals surface area (Å²) in [5, 5.41) is 6.10. The van der Waals surface area contributed by atoms with Crippen LogP contribution >= 0.6 is 0 Å². The average molecular weight is 342 g/mol. The van der Waals surface area contributed by atoms with E-state index in [1.807, 2.05) is 6.92 Å². The Bertz CT molecular complexity index is 1040. The lowest BCUT2D eigenvalue weighted by atomic mass is 9.87. The second-order valence-electron chi connectivity index (χ2n) is 7.49. The summed E-state index contributed by atoms with van der Waals surface area (Å²) in [5.41, 5.74) is 5.74. The quantitative estimate of drug-likeness (QED) is 0.661. The highest BCUT2D eigenvalue weighted by atomic mass is 16.5. The largest absolute Gasteiger partial charge is 0.375 e. The molecule has 5 rings (SSSR count). The number of hydrogen-bond acceptors (Lipinski definition) is 2. The molecule has 2 fully saturated rings. The van der Waals surface area contributed by atoms with Crippen LogP contribution in [0.4, 0.5) is 0 Å². The number of fused-ring (bicyclic) bond motifs is 1. The lowest BCUT2D eigenvalue weighted by molar-refractivity contribution is -0.0800. The molecule has 3 heteroatoms. The van der Waals surface area contributed by atoms with E-state index in [0.29, 0.717) is 13.2 Å². The number of benzene rings is 2. The second-order valence-corrected chi connectivity index (χ2v) is 7.49. The summed E-state index contributed by atoms with van der Waals surface area (Å²) < 4.78 is 7.86. The molecule has 0 spiro atoms. The van der Waals surface area contributed by atoms with Gasteiger partial charge in [-0.15, -0.1) is 5.92 Å². The van der Waals surface area contributed by atoms with E-state index >= 15 is 0 Å². The molecule has 0 amide bonds. The van der Waals surface area contributed by atoms with Gasteiger partial charge in [0.15, 0.2) is 0 Å². The SMILES string of the molecule is CC#Cc1cccc2c1c(C)nn2C1(c2ccc(C3CC3)cc2)COC1. The Labute approximate surface area is 154 Å². The molecule has 1 aliphatic carbocycles. The lowest BCUT2D eigenvalue weighted by Gasteiger charge is -2.42. The Kier molecular flexibility index (Phi) is 3.45. The smallest absolute Gasteiger partial charge is 0.135 e. The summed E-state index contributed by atoms with van der Waals surface area (Å²) in [6, 6.07) is 15.4. The minimum absolute atomic E-state index is 0.215. The molecule has 0 N–H and O–H groups in total. The van der Waals surface area contributed by atoms with Gasteiger partial charge in [-0.2, -0.15) is 5.10 Å². The van der Waals surface area contributed by atoms with E-state index < -0.39 is 0 Å². The molecule has 2 aromatic carbocycles. The Balaban J connectivity index is 1.67. The highest BCUT2D eigenvalue weighted by Gasteiger charge is 2.44. The molecule has 3 aromatic rings. The first kappa shape index (κ1) is 15.7. The molecule has 1 saturated heterocycles. The minimum Gasteiger partial charge on any atom is -0.375 e. The van der Waals surface area contributed by atoms with E-state index in [-0.39, 0.29) is 5.54 Å². The van der Waals surface area contributed by atoms with Gasteiger partial charge in [0.2, 0.25) is 0 Å². The summed E-state index contributed by atoms with van der Waals surface area (Å²) in [6.45, 7) is 5.27. The van der Waals surface area contributed by atoms with Crippen molar-refractivity contribution in [3.8, 4) is 11.8 Å². The van der Waals surface area contributed by atoms with Gasteiger partial charge < -0.3 is 4.74 Å². The number of nitrogens with zero attached hydrogens (tertiary/aromatic N) is 2. The lowest BCUT2D eigenvalue weighted by Crippen LogP contribution is -2.53. The van der Waals surface area contributed by atoms with Gasteiger partial charge in [0.1, 0.15) is 5.54 Å². The highest BCUT2D eigenvalue weighted by Crippen LogP contribution is 2.42. The number of hydrogen-bond donors (Lipinski definition) is 0. The van der Waals surface area contributed by atoms with Crippen molar-refractivity contribution in [1.82, 2.24) is 9.78 Å². The maximum absolute atomic E-state index is 5.68. The van der Waals surface area contributed by atoms with Crippen molar-refractivity contribution in [3.63, 3.8) is 0 Å². The van der Waals surface area contributed by atoms with Crippen molar-refractivity contribution in [2.45, 2.75) is 38.1 Å². The number of aromatic nitrogens is 2. The molecule has 1 saturated carbocycles. The van der Waals surface area contributed by atoms with Gasteiger partial charge in [-0.3, -0.25) is 0 Å². The van der Waals surface area contributed by atoms with Crippen LogP contribution in [0.15, 0.2) is 42.5 Å².